The number of nitrogens with one attached hydrogen (secondary N) is 1. The molecule has 1 aromatic heterocycles. The first-order chi connectivity index (χ1) is 8.20. The lowest BCUT2D eigenvalue weighted by Crippen LogP contribution is -2.35. The van der Waals surface area contributed by atoms with Gasteiger partial charge in [0.2, 0.25) is 0 Å². The average Bonchev–Trinajstić information content (AvgIpc) is 2.33. The molecule has 0 spiro atoms. The van der Waals surface area contributed by atoms with Crippen molar-refractivity contribution in [3.05, 3.63) is 29.6 Å². The minimum absolute atomic E-state index is 0.211. The van der Waals surface area contributed by atoms with Crippen molar-refractivity contribution in [2.75, 3.05) is 0 Å². The van der Waals surface area contributed by atoms with Crippen LogP contribution in [0.15, 0.2) is 18.3 Å². The number of aromatic nitrogens is 1. The predicted octanol–water partition coefficient (Wildman–Crippen LogP) is 2.72. The lowest BCUT2D eigenvalue weighted by Gasteiger charge is -2.32. The summed E-state index contributed by atoms with van der Waals surface area (Å²) in [6, 6.07) is 4.38. The van der Waals surface area contributed by atoms with E-state index in [0.29, 0.717) is 5.92 Å². The Morgan fingerprint density at radius 3 is 2.65 bits per heavy atom. The highest BCUT2D eigenvalue weighted by molar-refractivity contribution is 5.18. The van der Waals surface area contributed by atoms with E-state index in [2.05, 4.69) is 30.3 Å². The van der Waals surface area contributed by atoms with E-state index in [1.165, 1.54) is 31.2 Å². The monoisotopic (exact) mass is 233 g/mol. The fourth-order valence-electron chi connectivity index (χ4n) is 2.81. The third kappa shape index (κ3) is 3.05. The van der Waals surface area contributed by atoms with E-state index >= 15 is 0 Å². The summed E-state index contributed by atoms with van der Waals surface area (Å²) in [4.78, 5) is 4.46. The molecular weight excluding hydrogens is 210 g/mol. The van der Waals surface area contributed by atoms with Gasteiger partial charge in [0.25, 0.3) is 0 Å². The summed E-state index contributed by atoms with van der Waals surface area (Å²) in [5.41, 5.74) is 5.31. The van der Waals surface area contributed by atoms with Gasteiger partial charge < -0.3 is 0 Å². The average molecular weight is 233 g/mol. The smallest absolute Gasteiger partial charge is 0.0660 e. The van der Waals surface area contributed by atoms with Crippen molar-refractivity contribution < 1.29 is 0 Å². The Bertz CT molecular complexity index is 356. The number of pyridine rings is 1. The van der Waals surface area contributed by atoms with Crippen LogP contribution in [-0.4, -0.2) is 4.98 Å². The van der Waals surface area contributed by atoms with Crippen molar-refractivity contribution in [1.82, 2.24) is 10.4 Å². The van der Waals surface area contributed by atoms with E-state index in [-0.39, 0.29) is 6.04 Å². The molecule has 1 aromatic rings. The highest BCUT2D eigenvalue weighted by Gasteiger charge is 2.27. The van der Waals surface area contributed by atoms with E-state index in [9.17, 15) is 0 Å². The standard InChI is InChI=1S/C14H23N3/c1-10-3-5-12(6-4-10)14(17-15)13-9-11(2)7-8-16-13/h7-10,12,14,17H,3-6,15H2,1-2H3. The molecule has 17 heavy (non-hydrogen) atoms. The van der Waals surface area contributed by atoms with Gasteiger partial charge in [-0.2, -0.15) is 0 Å². The maximum atomic E-state index is 5.73. The third-order valence-corrected chi connectivity index (χ3v) is 3.97. The molecule has 3 N–H and O–H groups in total. The Kier molecular flexibility index (Phi) is 4.13. The number of hydrogen-bond acceptors (Lipinski definition) is 3. The summed E-state index contributed by atoms with van der Waals surface area (Å²) >= 11 is 0. The van der Waals surface area contributed by atoms with E-state index in [1.54, 1.807) is 0 Å². The summed E-state index contributed by atoms with van der Waals surface area (Å²) in [6.45, 7) is 4.44. The van der Waals surface area contributed by atoms with Crippen LogP contribution >= 0.6 is 0 Å². The van der Waals surface area contributed by atoms with E-state index in [1.807, 2.05) is 12.3 Å². The molecule has 0 saturated heterocycles. The summed E-state index contributed by atoms with van der Waals surface area (Å²) in [6.07, 6.45) is 7.01. The zero-order chi connectivity index (χ0) is 12.3. The van der Waals surface area contributed by atoms with Gasteiger partial charge in [0.15, 0.2) is 0 Å². The van der Waals surface area contributed by atoms with Crippen LogP contribution in [0.3, 0.4) is 0 Å². The molecule has 94 valence electrons. The molecule has 1 atom stereocenters. The third-order valence-electron chi connectivity index (χ3n) is 3.97. The first kappa shape index (κ1) is 12.5. The minimum Gasteiger partial charge on any atom is -0.271 e. The van der Waals surface area contributed by atoms with Crippen molar-refractivity contribution in [1.29, 1.82) is 0 Å². The van der Waals surface area contributed by atoms with Crippen molar-refractivity contribution in [3.63, 3.8) is 0 Å². The van der Waals surface area contributed by atoms with Crippen LogP contribution in [-0.2, 0) is 0 Å². The highest BCUT2D eigenvalue weighted by atomic mass is 15.2. The van der Waals surface area contributed by atoms with Gasteiger partial charge in [-0.1, -0.05) is 19.8 Å². The van der Waals surface area contributed by atoms with Crippen molar-refractivity contribution in [2.45, 2.75) is 45.6 Å². The van der Waals surface area contributed by atoms with Gasteiger partial charge in [0, 0.05) is 6.20 Å². The van der Waals surface area contributed by atoms with Gasteiger partial charge >= 0.3 is 0 Å². The largest absolute Gasteiger partial charge is 0.271 e. The Labute approximate surface area is 104 Å². The molecule has 0 aliphatic heterocycles. The van der Waals surface area contributed by atoms with Gasteiger partial charge in [0.05, 0.1) is 11.7 Å². The van der Waals surface area contributed by atoms with Crippen molar-refractivity contribution >= 4 is 0 Å². The SMILES string of the molecule is Cc1ccnc(C(NN)C2CCC(C)CC2)c1. The number of nitrogens with two attached hydrogens (primary N) is 1. The van der Waals surface area contributed by atoms with Crippen LogP contribution in [0.1, 0.15) is 49.9 Å². The van der Waals surface area contributed by atoms with Gasteiger partial charge in [-0.3, -0.25) is 16.3 Å². The molecule has 0 amide bonds. The van der Waals surface area contributed by atoms with E-state index < -0.39 is 0 Å². The zero-order valence-corrected chi connectivity index (χ0v) is 10.8. The molecule has 0 bridgehead atoms. The number of nitrogens with zero attached hydrogens (tertiary/aromatic N) is 1. The zero-order valence-electron chi connectivity index (χ0n) is 10.8. The van der Waals surface area contributed by atoms with Crippen LogP contribution in [0.25, 0.3) is 0 Å². The molecule has 0 aromatic carbocycles. The highest BCUT2D eigenvalue weighted by Crippen LogP contribution is 2.35. The molecule has 1 aliphatic rings. The van der Waals surface area contributed by atoms with Crippen LogP contribution in [0.4, 0.5) is 0 Å². The van der Waals surface area contributed by atoms with Crippen LogP contribution in [0.2, 0.25) is 0 Å². The lowest BCUT2D eigenvalue weighted by molar-refractivity contribution is 0.229. The second-order valence-corrected chi connectivity index (χ2v) is 5.42. The summed E-state index contributed by atoms with van der Waals surface area (Å²) < 4.78 is 0. The Morgan fingerprint density at radius 2 is 2.06 bits per heavy atom. The normalized spacial score (nSPS) is 26.8. The maximum Gasteiger partial charge on any atom is 0.0660 e. The maximum absolute atomic E-state index is 5.73. The van der Waals surface area contributed by atoms with E-state index in [0.717, 1.165) is 11.6 Å². The Morgan fingerprint density at radius 1 is 1.35 bits per heavy atom. The van der Waals surface area contributed by atoms with Crippen molar-refractivity contribution in [2.24, 2.45) is 17.7 Å². The first-order valence-electron chi connectivity index (χ1n) is 6.59. The van der Waals surface area contributed by atoms with E-state index in [4.69, 9.17) is 5.84 Å². The molecule has 1 fully saturated rings. The van der Waals surface area contributed by atoms with Crippen LogP contribution < -0.4 is 11.3 Å². The Hall–Kier alpha value is -0.930. The van der Waals surface area contributed by atoms with Crippen molar-refractivity contribution in [3.8, 4) is 0 Å². The number of hydrazine groups is 1. The molecule has 3 heteroatoms. The quantitative estimate of drug-likeness (QED) is 0.623. The summed E-state index contributed by atoms with van der Waals surface area (Å²) in [5, 5.41) is 0. The molecule has 1 unspecified atom stereocenters. The second-order valence-electron chi connectivity index (χ2n) is 5.42. The molecule has 3 nitrogen and oxygen atoms in total. The molecule has 2 rings (SSSR count). The summed E-state index contributed by atoms with van der Waals surface area (Å²) in [5.74, 6) is 7.23. The van der Waals surface area contributed by atoms with Crippen LogP contribution in [0.5, 0.6) is 0 Å². The second kappa shape index (κ2) is 5.61. The molecule has 1 saturated carbocycles. The van der Waals surface area contributed by atoms with Gasteiger partial charge in [-0.15, -0.1) is 0 Å². The number of rotatable bonds is 3. The number of hydrogen-bond donors (Lipinski definition) is 2. The minimum atomic E-state index is 0.211. The van der Waals surface area contributed by atoms with Gasteiger partial charge in [0.1, 0.15) is 0 Å². The topological polar surface area (TPSA) is 50.9 Å². The van der Waals surface area contributed by atoms with Gasteiger partial charge in [-0.25, -0.2) is 0 Å². The summed E-state index contributed by atoms with van der Waals surface area (Å²) in [7, 11) is 0. The Balaban J connectivity index is 2.10. The number of aryl methyl sites for hydroxylation is 1. The van der Waals surface area contributed by atoms with Gasteiger partial charge in [-0.05, 0) is 49.3 Å². The fraction of sp³-hybridized carbons (Fsp3) is 0.643. The predicted molar refractivity (Wildman–Crippen MR) is 70.2 cm³/mol. The molecule has 1 aliphatic carbocycles. The lowest BCUT2D eigenvalue weighted by atomic mass is 9.78. The molecule has 1 heterocycles. The first-order valence-corrected chi connectivity index (χ1v) is 6.59. The van der Waals surface area contributed by atoms with Crippen LogP contribution in [0, 0.1) is 18.8 Å². The fourth-order valence-corrected chi connectivity index (χ4v) is 2.81. The molecule has 0 radical (unpaired) electrons. The molecular formula is C14H23N3.